The molecule has 17 heavy (non-hydrogen) atoms. The molecule has 2 rings (SSSR count). The number of nitro groups is 1. The number of rotatable bonds is 1. The van der Waals surface area contributed by atoms with Crippen molar-refractivity contribution in [3.8, 4) is 5.75 Å². The summed E-state index contributed by atoms with van der Waals surface area (Å²) >= 11 is 0.945. The number of aromatic hydroxyl groups is 1. The average Bonchev–Trinajstić information content (AvgIpc) is 2.31. The average molecular weight is 239 g/mol. The molecule has 0 atom stereocenters. The topological polar surface area (TPSA) is 63.4 Å². The van der Waals surface area contributed by atoms with Crippen LogP contribution in [0.4, 0.5) is 5.69 Å². The van der Waals surface area contributed by atoms with Crippen molar-refractivity contribution in [3.05, 3.63) is 64.7 Å². The van der Waals surface area contributed by atoms with E-state index in [-0.39, 0.29) is 10.6 Å². The Morgan fingerprint density at radius 3 is 1.88 bits per heavy atom. The molecule has 0 saturated carbocycles. The van der Waals surface area contributed by atoms with E-state index in [4.69, 9.17) is 5.11 Å². The van der Waals surface area contributed by atoms with Crippen LogP contribution in [0.1, 0.15) is 0 Å². The minimum atomic E-state index is -0.388. The van der Waals surface area contributed by atoms with Crippen LogP contribution in [-0.4, -0.2) is 38.0 Å². The van der Waals surface area contributed by atoms with Crippen molar-refractivity contribution >= 4 is 36.4 Å². The predicted octanol–water partition coefficient (Wildman–Crippen LogP) is 1.78. The van der Waals surface area contributed by atoms with Crippen LogP contribution in [0, 0.1) is 10.1 Å². The minimum Gasteiger partial charge on any atom is -0.508 e. The van der Waals surface area contributed by atoms with Crippen molar-refractivity contribution in [2.45, 2.75) is 0 Å². The zero-order valence-corrected chi connectivity index (χ0v) is 11.4. The Morgan fingerprint density at radius 2 is 1.53 bits per heavy atom. The molecule has 1 N–H and O–H groups in total. The summed E-state index contributed by atoms with van der Waals surface area (Å²) in [6.45, 7) is 0. The summed E-state index contributed by atoms with van der Waals surface area (Å²) in [5, 5.41) is 18.8. The fourth-order valence-electron chi connectivity index (χ4n) is 1.09. The molecule has 0 unspecified atom stereocenters. The van der Waals surface area contributed by atoms with E-state index in [0.717, 1.165) is 27.9 Å². The van der Waals surface area contributed by atoms with Gasteiger partial charge in [0, 0.05) is 0 Å². The van der Waals surface area contributed by atoms with Crippen LogP contribution in [-0.2, 0) is 0 Å². The van der Waals surface area contributed by atoms with Gasteiger partial charge in [0.1, 0.15) is 5.75 Å². The first kappa shape index (κ1) is 13.7. The summed E-state index contributed by atoms with van der Waals surface area (Å²) in [6, 6.07) is 15.3. The number of para-hydroxylation sites is 1. The first-order valence-electron chi connectivity index (χ1n) is 5.04. The molecule has 0 fully saturated rings. The van der Waals surface area contributed by atoms with Crippen molar-refractivity contribution in [2.24, 2.45) is 0 Å². The van der Waals surface area contributed by atoms with Gasteiger partial charge in [-0.25, -0.2) is 0 Å². The molecule has 4 nitrogen and oxygen atoms in total. The van der Waals surface area contributed by atoms with Gasteiger partial charge in [-0.1, -0.05) is 18.2 Å². The first-order valence-corrected chi connectivity index (χ1v) is 6.04. The van der Waals surface area contributed by atoms with Crippen molar-refractivity contribution < 1.29 is 10.0 Å². The van der Waals surface area contributed by atoms with Crippen LogP contribution >= 0.6 is 0 Å². The number of benzene rings is 2. The fraction of sp³-hybridized carbons (Fsp3) is 0. The molecule has 0 saturated heterocycles. The second-order valence-electron chi connectivity index (χ2n) is 3.43. The van der Waals surface area contributed by atoms with Crippen molar-refractivity contribution in [1.29, 1.82) is 0 Å². The Labute approximate surface area is 116 Å². The molecular formula is C12H10NNaO3. The standard InChI is InChI=1S/C6H4NO2.C6H6O.Na/c8-7(9)6-4-2-1-3-5-6;7-6-4-2-1-3-5-6;/h2-5H;1-5,7H;. The van der Waals surface area contributed by atoms with Gasteiger partial charge in [-0.2, -0.15) is 0 Å². The van der Waals surface area contributed by atoms with Gasteiger partial charge in [0.2, 0.25) is 0 Å². The molecule has 0 aromatic heterocycles. The Kier molecular flexibility index (Phi) is 5.69. The maximum absolute atomic E-state index is 10.1. The molecule has 0 radical (unpaired) electrons. The van der Waals surface area contributed by atoms with E-state index < -0.39 is 0 Å². The van der Waals surface area contributed by atoms with Gasteiger partial charge in [0.25, 0.3) is 0 Å². The van der Waals surface area contributed by atoms with Gasteiger partial charge in [0.15, 0.2) is 0 Å². The molecule has 0 amide bonds. The second kappa shape index (κ2) is 7.06. The van der Waals surface area contributed by atoms with Crippen molar-refractivity contribution in [2.75, 3.05) is 0 Å². The van der Waals surface area contributed by atoms with Crippen LogP contribution in [0.2, 0.25) is 0 Å². The van der Waals surface area contributed by atoms with Gasteiger partial charge in [-0.3, -0.25) is 0 Å². The van der Waals surface area contributed by atoms with Crippen molar-refractivity contribution in [3.63, 3.8) is 0 Å². The molecule has 5 heteroatoms. The third-order valence-electron chi connectivity index (χ3n) is 2.00. The van der Waals surface area contributed by atoms with Crippen LogP contribution in [0.3, 0.4) is 0 Å². The maximum Gasteiger partial charge on any atom is 0.115 e. The summed E-state index contributed by atoms with van der Waals surface area (Å²) in [7, 11) is 0. The molecule has 0 aliphatic carbocycles. The summed E-state index contributed by atoms with van der Waals surface area (Å²) in [5.74, 6) is 0.322. The zero-order valence-electron chi connectivity index (χ0n) is 9.41. The molecule has 0 heterocycles. The number of hydrogen-bond donors (Lipinski definition) is 1. The van der Waals surface area contributed by atoms with Crippen LogP contribution in [0.5, 0.6) is 5.75 Å². The largest absolute Gasteiger partial charge is 0.508 e. The van der Waals surface area contributed by atoms with Gasteiger partial charge in [-0.05, 0) is 12.1 Å². The van der Waals surface area contributed by atoms with E-state index in [2.05, 4.69) is 0 Å². The molecule has 0 aliphatic rings. The van der Waals surface area contributed by atoms with Gasteiger partial charge >= 0.3 is 75.7 Å². The van der Waals surface area contributed by atoms with Gasteiger partial charge in [-0.15, -0.1) is 0 Å². The molecule has 2 aromatic rings. The number of nitrogens with zero attached hydrogens (tertiary/aromatic N) is 1. The van der Waals surface area contributed by atoms with E-state index >= 15 is 0 Å². The normalized spacial score (nSPS) is 9.06. The molecule has 0 bridgehead atoms. The quantitative estimate of drug-likeness (QED) is 0.468. The third kappa shape index (κ3) is 5.49. The summed E-state index contributed by atoms with van der Waals surface area (Å²) in [6.07, 6.45) is 0. The smallest absolute Gasteiger partial charge is 0.115 e. The number of phenols is 1. The van der Waals surface area contributed by atoms with Crippen LogP contribution in [0.15, 0.2) is 54.6 Å². The number of phenolic OH excluding ortho intramolecular Hbond substituents is 1. The predicted molar refractivity (Wildman–Crippen MR) is 66.6 cm³/mol. The molecular weight excluding hydrogens is 229 g/mol. The number of hydrogen-bond acceptors (Lipinski definition) is 3. The SMILES string of the molecule is O=[N+]([O-])c1cc[c]([Na])cc1.Oc1ccccc1. The van der Waals surface area contributed by atoms with Crippen LogP contribution < -0.4 is 2.81 Å². The van der Waals surface area contributed by atoms with E-state index in [1.54, 1.807) is 36.4 Å². The molecule has 2 aromatic carbocycles. The van der Waals surface area contributed by atoms with Gasteiger partial charge in [0.05, 0.1) is 0 Å². The molecule has 82 valence electrons. The summed E-state index contributed by atoms with van der Waals surface area (Å²) < 4.78 is 1.17. The number of non-ortho nitro benzene ring substituents is 1. The monoisotopic (exact) mass is 239 g/mol. The van der Waals surface area contributed by atoms with E-state index in [9.17, 15) is 10.1 Å². The first-order chi connectivity index (χ1) is 8.09. The Bertz CT molecular complexity index is 471. The third-order valence-corrected chi connectivity index (χ3v) is 2.67. The van der Waals surface area contributed by atoms with Gasteiger partial charge < -0.3 is 5.11 Å². The maximum atomic E-state index is 10.1. The fourth-order valence-corrected chi connectivity index (χ4v) is 1.43. The number of nitro benzene ring substituents is 1. The Morgan fingerprint density at radius 1 is 1.00 bits per heavy atom. The van der Waals surface area contributed by atoms with Crippen molar-refractivity contribution in [1.82, 2.24) is 0 Å². The minimum absolute atomic E-state index is 0.166. The summed E-state index contributed by atoms with van der Waals surface area (Å²) in [4.78, 5) is 9.74. The summed E-state index contributed by atoms with van der Waals surface area (Å²) in [5.41, 5.74) is 0.166. The second-order valence-corrected chi connectivity index (χ2v) is 4.58. The molecule has 0 spiro atoms. The van der Waals surface area contributed by atoms with E-state index in [0.29, 0.717) is 5.75 Å². The Balaban J connectivity index is 0.000000181. The Hall–Kier alpha value is -1.36. The van der Waals surface area contributed by atoms with E-state index in [1.165, 1.54) is 14.9 Å². The molecule has 0 aliphatic heterocycles. The van der Waals surface area contributed by atoms with E-state index in [1.807, 2.05) is 6.07 Å². The zero-order chi connectivity index (χ0) is 12.7. The van der Waals surface area contributed by atoms with Crippen LogP contribution in [0.25, 0.3) is 0 Å².